The molecule has 0 spiro atoms. The Kier molecular flexibility index (Phi) is 4.93. The van der Waals surface area contributed by atoms with Crippen LogP contribution in [0.4, 0.5) is 10.1 Å². The molecule has 3 aromatic carbocycles. The fraction of sp³-hybridized carbons (Fsp3) is 0. The van der Waals surface area contributed by atoms with Gasteiger partial charge in [0.25, 0.3) is 5.91 Å². The fourth-order valence-corrected chi connectivity index (χ4v) is 4.07. The van der Waals surface area contributed by atoms with Crippen molar-refractivity contribution in [1.82, 2.24) is 15.0 Å². The van der Waals surface area contributed by atoms with Gasteiger partial charge in [-0.3, -0.25) is 9.78 Å². The minimum Gasteiger partial charge on any atom is -0.320 e. The van der Waals surface area contributed by atoms with Crippen LogP contribution in [-0.4, -0.2) is 20.9 Å². The van der Waals surface area contributed by atoms with E-state index in [0.717, 1.165) is 11.1 Å². The molecule has 0 saturated carbocycles. The van der Waals surface area contributed by atoms with Crippen molar-refractivity contribution in [2.75, 3.05) is 5.32 Å². The summed E-state index contributed by atoms with van der Waals surface area (Å²) in [5.41, 5.74) is 4.03. The van der Waals surface area contributed by atoms with Crippen LogP contribution >= 0.6 is 11.3 Å². The van der Waals surface area contributed by atoms with Crippen molar-refractivity contribution in [3.05, 3.63) is 95.9 Å². The van der Waals surface area contributed by atoms with E-state index >= 15 is 0 Å². The molecule has 2 heterocycles. The molecular formula is C24H15FN4OS. The Morgan fingerprint density at radius 1 is 0.839 bits per heavy atom. The van der Waals surface area contributed by atoms with Crippen LogP contribution < -0.4 is 5.32 Å². The van der Waals surface area contributed by atoms with Gasteiger partial charge in [-0.05, 0) is 30.3 Å². The van der Waals surface area contributed by atoms with Gasteiger partial charge < -0.3 is 5.32 Å². The first-order valence-corrected chi connectivity index (χ1v) is 10.4. The van der Waals surface area contributed by atoms with Crippen LogP contribution in [0.1, 0.15) is 10.5 Å². The number of nitrogens with one attached hydrogen (secondary N) is 1. The zero-order valence-corrected chi connectivity index (χ0v) is 16.9. The number of fused-ring (bicyclic) bond motifs is 1. The van der Waals surface area contributed by atoms with Crippen LogP contribution in [0.2, 0.25) is 0 Å². The number of thiazole rings is 1. The zero-order valence-electron chi connectivity index (χ0n) is 16.1. The lowest BCUT2D eigenvalue weighted by Crippen LogP contribution is -2.14. The first-order chi connectivity index (χ1) is 15.2. The van der Waals surface area contributed by atoms with Crippen molar-refractivity contribution in [2.45, 2.75) is 0 Å². The van der Waals surface area contributed by atoms with E-state index < -0.39 is 0 Å². The molecule has 0 unspecified atom stereocenters. The molecule has 0 aliphatic carbocycles. The van der Waals surface area contributed by atoms with E-state index in [2.05, 4.69) is 20.3 Å². The van der Waals surface area contributed by atoms with E-state index in [4.69, 9.17) is 0 Å². The molecule has 0 aliphatic heterocycles. The third-order valence-corrected chi connectivity index (χ3v) is 5.62. The summed E-state index contributed by atoms with van der Waals surface area (Å²) in [7, 11) is 0. The van der Waals surface area contributed by atoms with Gasteiger partial charge in [-0.25, -0.2) is 14.4 Å². The second-order valence-electron chi connectivity index (χ2n) is 6.76. The number of para-hydroxylation sites is 3. The lowest BCUT2D eigenvalue weighted by molar-refractivity contribution is 0.102. The highest BCUT2D eigenvalue weighted by Gasteiger charge is 2.15. The molecule has 0 saturated heterocycles. The molecule has 0 atom stereocenters. The second kappa shape index (κ2) is 8.04. The Balaban J connectivity index is 1.46. The summed E-state index contributed by atoms with van der Waals surface area (Å²) in [6, 6.07) is 21.3. The van der Waals surface area contributed by atoms with Gasteiger partial charge in [-0.2, -0.15) is 0 Å². The Bertz CT molecular complexity index is 1420. The van der Waals surface area contributed by atoms with Crippen molar-refractivity contribution < 1.29 is 9.18 Å². The average Bonchev–Trinajstić information content (AvgIpc) is 3.29. The van der Waals surface area contributed by atoms with Crippen LogP contribution in [-0.2, 0) is 0 Å². The number of nitrogens with zero attached hydrogens (tertiary/aromatic N) is 3. The van der Waals surface area contributed by atoms with Gasteiger partial charge in [0.15, 0.2) is 0 Å². The maximum atomic E-state index is 14.1. The third kappa shape index (κ3) is 3.78. The van der Waals surface area contributed by atoms with E-state index in [9.17, 15) is 9.18 Å². The molecule has 7 heteroatoms. The highest BCUT2D eigenvalue weighted by atomic mass is 32.1. The minimum absolute atomic E-state index is 0.221. The summed E-state index contributed by atoms with van der Waals surface area (Å²) in [6.45, 7) is 0. The van der Waals surface area contributed by atoms with Crippen LogP contribution in [0.5, 0.6) is 0 Å². The first-order valence-electron chi connectivity index (χ1n) is 9.52. The number of halogens is 1. The number of carbonyl (C=O) groups is 1. The van der Waals surface area contributed by atoms with E-state index in [0.29, 0.717) is 27.5 Å². The van der Waals surface area contributed by atoms with E-state index in [-0.39, 0.29) is 17.4 Å². The number of rotatable bonds is 4. The number of amides is 1. The molecule has 2 aromatic heterocycles. The van der Waals surface area contributed by atoms with E-state index in [1.165, 1.54) is 23.6 Å². The van der Waals surface area contributed by atoms with Crippen molar-refractivity contribution in [2.24, 2.45) is 0 Å². The molecule has 0 radical (unpaired) electrons. The zero-order chi connectivity index (χ0) is 21.2. The van der Waals surface area contributed by atoms with Crippen LogP contribution in [0.15, 0.2) is 84.4 Å². The number of benzene rings is 3. The first kappa shape index (κ1) is 19.0. The minimum atomic E-state index is -0.366. The van der Waals surface area contributed by atoms with E-state index in [1.807, 2.05) is 47.8 Å². The van der Waals surface area contributed by atoms with Crippen molar-refractivity contribution in [3.63, 3.8) is 0 Å². The van der Waals surface area contributed by atoms with Crippen molar-refractivity contribution in [3.8, 4) is 21.8 Å². The predicted octanol–water partition coefficient (Wildman–Crippen LogP) is 5.81. The molecule has 5 aromatic rings. The summed E-state index contributed by atoms with van der Waals surface area (Å²) in [4.78, 5) is 26.1. The largest absolute Gasteiger partial charge is 0.320 e. The molecule has 0 fully saturated rings. The quantitative estimate of drug-likeness (QED) is 0.394. The average molecular weight is 426 g/mol. The standard InChI is InChI=1S/C24H15FN4OS/c25-17-9-3-1-7-15(17)24-29-22(14-31-24)16-8-2-4-10-18(16)28-23(30)21-13-26-19-11-5-6-12-20(19)27-21/h1-14H,(H,28,30). The summed E-state index contributed by atoms with van der Waals surface area (Å²) >= 11 is 1.35. The number of anilines is 1. The normalized spacial score (nSPS) is 10.9. The summed E-state index contributed by atoms with van der Waals surface area (Å²) in [6.07, 6.45) is 1.46. The van der Waals surface area contributed by atoms with Crippen molar-refractivity contribution in [1.29, 1.82) is 0 Å². The third-order valence-electron chi connectivity index (χ3n) is 4.74. The van der Waals surface area contributed by atoms with Gasteiger partial charge in [-0.1, -0.05) is 42.5 Å². The van der Waals surface area contributed by atoms with E-state index in [1.54, 1.807) is 24.3 Å². The highest BCUT2D eigenvalue weighted by Crippen LogP contribution is 2.33. The van der Waals surface area contributed by atoms with Crippen molar-refractivity contribution >= 4 is 34.0 Å². The Morgan fingerprint density at radius 2 is 1.55 bits per heavy atom. The maximum Gasteiger partial charge on any atom is 0.275 e. The summed E-state index contributed by atoms with van der Waals surface area (Å²) < 4.78 is 14.1. The SMILES string of the molecule is O=C(Nc1ccccc1-c1csc(-c2ccccc2F)n1)c1cnc2ccccc2n1. The topological polar surface area (TPSA) is 67.8 Å². The van der Waals surface area contributed by atoms with Crippen LogP contribution in [0.3, 0.4) is 0 Å². The molecule has 31 heavy (non-hydrogen) atoms. The number of aromatic nitrogens is 3. The molecular weight excluding hydrogens is 411 g/mol. The van der Waals surface area contributed by atoms with Crippen LogP contribution in [0, 0.1) is 5.82 Å². The molecule has 0 aliphatic rings. The smallest absolute Gasteiger partial charge is 0.275 e. The number of hydrogen-bond donors (Lipinski definition) is 1. The monoisotopic (exact) mass is 426 g/mol. The number of carbonyl (C=O) groups excluding carboxylic acids is 1. The van der Waals surface area contributed by atoms with Gasteiger partial charge in [0.2, 0.25) is 0 Å². The summed E-state index contributed by atoms with van der Waals surface area (Å²) in [5.74, 6) is -0.685. The molecule has 0 bridgehead atoms. The second-order valence-corrected chi connectivity index (χ2v) is 7.62. The van der Waals surface area contributed by atoms with Crippen LogP contribution in [0.25, 0.3) is 32.9 Å². The fourth-order valence-electron chi connectivity index (χ4n) is 3.22. The molecule has 5 nitrogen and oxygen atoms in total. The maximum absolute atomic E-state index is 14.1. The Hall–Kier alpha value is -3.97. The molecule has 150 valence electrons. The van der Waals surface area contributed by atoms with Gasteiger partial charge in [-0.15, -0.1) is 11.3 Å². The van der Waals surface area contributed by atoms with Gasteiger partial charge in [0.05, 0.1) is 28.6 Å². The summed E-state index contributed by atoms with van der Waals surface area (Å²) in [5, 5.41) is 5.33. The molecule has 1 N–H and O–H groups in total. The van der Waals surface area contributed by atoms with Gasteiger partial charge in [0, 0.05) is 16.5 Å². The molecule has 5 rings (SSSR count). The van der Waals surface area contributed by atoms with Gasteiger partial charge >= 0.3 is 0 Å². The molecule has 1 amide bonds. The van der Waals surface area contributed by atoms with Gasteiger partial charge in [0.1, 0.15) is 16.5 Å². The lowest BCUT2D eigenvalue weighted by atomic mass is 10.1. The highest BCUT2D eigenvalue weighted by molar-refractivity contribution is 7.13. The Morgan fingerprint density at radius 3 is 2.39 bits per heavy atom. The lowest BCUT2D eigenvalue weighted by Gasteiger charge is -2.09. The number of hydrogen-bond acceptors (Lipinski definition) is 5. The Labute approximate surface area is 181 Å². The predicted molar refractivity (Wildman–Crippen MR) is 120 cm³/mol.